The molecule has 0 heterocycles. The molecule has 3 nitrogen and oxygen atoms in total. The molecule has 0 saturated heterocycles. The highest BCUT2D eigenvalue weighted by Gasteiger charge is 2.27. The lowest BCUT2D eigenvalue weighted by atomic mass is 9.97. The summed E-state index contributed by atoms with van der Waals surface area (Å²) in [7, 11) is 1.93. The molecule has 1 rings (SSSR count). The molecule has 18 heavy (non-hydrogen) atoms. The first-order valence-corrected chi connectivity index (χ1v) is 6.99. The summed E-state index contributed by atoms with van der Waals surface area (Å²) in [6.07, 6.45) is 0. The molecule has 0 bridgehead atoms. The zero-order valence-corrected chi connectivity index (χ0v) is 12.2. The SMILES string of the molecule is CNC(C)c1cccc(SCC(C)(C)C(=O)O)c1. The Balaban J connectivity index is 2.71. The van der Waals surface area contributed by atoms with Gasteiger partial charge in [-0.15, -0.1) is 11.8 Å². The van der Waals surface area contributed by atoms with Gasteiger partial charge in [0.15, 0.2) is 0 Å². The Labute approximate surface area is 113 Å². The van der Waals surface area contributed by atoms with Crippen LogP contribution in [0.4, 0.5) is 0 Å². The van der Waals surface area contributed by atoms with Crippen molar-refractivity contribution in [2.24, 2.45) is 5.41 Å². The van der Waals surface area contributed by atoms with Crippen LogP contribution in [0, 0.1) is 5.41 Å². The van der Waals surface area contributed by atoms with Crippen molar-refractivity contribution in [2.45, 2.75) is 31.7 Å². The first-order chi connectivity index (χ1) is 8.36. The highest BCUT2D eigenvalue weighted by molar-refractivity contribution is 7.99. The van der Waals surface area contributed by atoms with Gasteiger partial charge in [-0.3, -0.25) is 4.79 Å². The van der Waals surface area contributed by atoms with Gasteiger partial charge in [-0.05, 0) is 45.5 Å². The van der Waals surface area contributed by atoms with Gasteiger partial charge in [0.1, 0.15) is 0 Å². The van der Waals surface area contributed by atoms with E-state index >= 15 is 0 Å². The van der Waals surface area contributed by atoms with Gasteiger partial charge in [-0.2, -0.15) is 0 Å². The van der Waals surface area contributed by atoms with E-state index in [1.807, 2.05) is 19.2 Å². The van der Waals surface area contributed by atoms with Crippen molar-refractivity contribution in [2.75, 3.05) is 12.8 Å². The first-order valence-electron chi connectivity index (χ1n) is 6.00. The van der Waals surface area contributed by atoms with Crippen LogP contribution in [0.3, 0.4) is 0 Å². The molecule has 0 spiro atoms. The number of carboxylic acid groups (broad SMARTS) is 1. The molecular weight excluding hydrogens is 246 g/mol. The van der Waals surface area contributed by atoms with E-state index in [-0.39, 0.29) is 0 Å². The van der Waals surface area contributed by atoms with E-state index in [1.54, 1.807) is 25.6 Å². The van der Waals surface area contributed by atoms with Gasteiger partial charge in [0.05, 0.1) is 5.41 Å². The predicted octanol–water partition coefficient (Wildman–Crippen LogP) is 3.17. The van der Waals surface area contributed by atoms with Crippen LogP contribution in [-0.2, 0) is 4.79 Å². The number of nitrogens with one attached hydrogen (secondary N) is 1. The molecule has 1 atom stereocenters. The van der Waals surface area contributed by atoms with Crippen molar-refractivity contribution in [1.82, 2.24) is 5.32 Å². The van der Waals surface area contributed by atoms with Crippen LogP contribution in [0.1, 0.15) is 32.4 Å². The zero-order valence-electron chi connectivity index (χ0n) is 11.4. The number of carbonyl (C=O) groups is 1. The first kappa shape index (κ1) is 15.1. The van der Waals surface area contributed by atoms with Gasteiger partial charge in [0.25, 0.3) is 0 Å². The number of thioether (sulfide) groups is 1. The quantitative estimate of drug-likeness (QED) is 0.777. The molecule has 1 aromatic rings. The second-order valence-corrected chi connectivity index (χ2v) is 6.11. The number of benzene rings is 1. The maximum atomic E-state index is 11.0. The van der Waals surface area contributed by atoms with Crippen molar-refractivity contribution in [3.8, 4) is 0 Å². The average molecular weight is 267 g/mol. The normalized spacial score (nSPS) is 13.3. The zero-order chi connectivity index (χ0) is 13.8. The van der Waals surface area contributed by atoms with Gasteiger partial charge < -0.3 is 10.4 Å². The number of rotatable bonds is 6. The third-order valence-corrected chi connectivity index (χ3v) is 4.42. The summed E-state index contributed by atoms with van der Waals surface area (Å²) in [4.78, 5) is 12.2. The highest BCUT2D eigenvalue weighted by atomic mass is 32.2. The molecule has 0 radical (unpaired) electrons. The molecule has 0 amide bonds. The van der Waals surface area contributed by atoms with Gasteiger partial charge in [0.2, 0.25) is 0 Å². The largest absolute Gasteiger partial charge is 0.481 e. The van der Waals surface area contributed by atoms with Crippen LogP contribution >= 0.6 is 11.8 Å². The highest BCUT2D eigenvalue weighted by Crippen LogP contribution is 2.29. The Morgan fingerprint density at radius 2 is 2.17 bits per heavy atom. The maximum Gasteiger partial charge on any atom is 0.309 e. The van der Waals surface area contributed by atoms with Crippen molar-refractivity contribution in [3.63, 3.8) is 0 Å². The molecule has 4 heteroatoms. The predicted molar refractivity (Wildman–Crippen MR) is 76.1 cm³/mol. The minimum atomic E-state index is -0.755. The summed E-state index contributed by atoms with van der Waals surface area (Å²) in [6, 6.07) is 8.53. The Morgan fingerprint density at radius 3 is 2.72 bits per heavy atom. The second kappa shape index (κ2) is 6.25. The lowest BCUT2D eigenvalue weighted by Crippen LogP contribution is -2.26. The molecule has 1 unspecified atom stereocenters. The minimum Gasteiger partial charge on any atom is -0.481 e. The average Bonchev–Trinajstić information content (AvgIpc) is 2.35. The van der Waals surface area contributed by atoms with Crippen molar-refractivity contribution in [3.05, 3.63) is 29.8 Å². The van der Waals surface area contributed by atoms with Gasteiger partial charge >= 0.3 is 5.97 Å². The molecule has 100 valence electrons. The summed E-state index contributed by atoms with van der Waals surface area (Å²) in [6.45, 7) is 5.61. The molecule has 1 aromatic carbocycles. The van der Waals surface area contributed by atoms with E-state index in [0.717, 1.165) is 4.90 Å². The van der Waals surface area contributed by atoms with Crippen molar-refractivity contribution >= 4 is 17.7 Å². The molecule has 0 saturated carbocycles. The van der Waals surface area contributed by atoms with Gasteiger partial charge in [-0.1, -0.05) is 12.1 Å². The summed E-state index contributed by atoms with van der Waals surface area (Å²) in [5, 5.41) is 12.3. The molecule has 0 aliphatic heterocycles. The Bertz CT molecular complexity index is 418. The summed E-state index contributed by atoms with van der Waals surface area (Å²) < 4.78 is 0. The smallest absolute Gasteiger partial charge is 0.309 e. The molecule has 0 aromatic heterocycles. The second-order valence-electron chi connectivity index (χ2n) is 5.06. The molecule has 0 aliphatic rings. The van der Waals surface area contributed by atoms with Crippen LogP contribution in [-0.4, -0.2) is 23.9 Å². The lowest BCUT2D eigenvalue weighted by Gasteiger charge is -2.18. The fourth-order valence-corrected chi connectivity index (χ4v) is 2.41. The number of aliphatic carboxylic acids is 1. The summed E-state index contributed by atoms with van der Waals surface area (Å²) in [5.74, 6) is -0.186. The Hall–Kier alpha value is -1.00. The van der Waals surface area contributed by atoms with E-state index in [1.165, 1.54) is 5.56 Å². The molecule has 0 fully saturated rings. The van der Waals surface area contributed by atoms with E-state index < -0.39 is 11.4 Å². The minimum absolute atomic E-state index is 0.304. The Morgan fingerprint density at radius 1 is 1.50 bits per heavy atom. The van der Waals surface area contributed by atoms with E-state index in [4.69, 9.17) is 5.11 Å². The fourth-order valence-electron chi connectivity index (χ4n) is 1.37. The van der Waals surface area contributed by atoms with Crippen LogP contribution < -0.4 is 5.32 Å². The van der Waals surface area contributed by atoms with E-state index in [0.29, 0.717) is 11.8 Å². The van der Waals surface area contributed by atoms with Crippen LogP contribution in [0.15, 0.2) is 29.2 Å². The number of hydrogen-bond acceptors (Lipinski definition) is 3. The molecular formula is C14H21NO2S. The number of hydrogen-bond donors (Lipinski definition) is 2. The van der Waals surface area contributed by atoms with E-state index in [9.17, 15) is 4.79 Å². The van der Waals surface area contributed by atoms with Gasteiger partial charge in [0, 0.05) is 16.7 Å². The topological polar surface area (TPSA) is 49.3 Å². The van der Waals surface area contributed by atoms with E-state index in [2.05, 4.69) is 24.4 Å². The summed E-state index contributed by atoms with van der Waals surface area (Å²) >= 11 is 1.59. The third kappa shape index (κ3) is 4.03. The maximum absolute atomic E-state index is 11.0. The molecule has 2 N–H and O–H groups in total. The van der Waals surface area contributed by atoms with Gasteiger partial charge in [-0.25, -0.2) is 0 Å². The number of carboxylic acids is 1. The monoisotopic (exact) mass is 267 g/mol. The summed E-state index contributed by atoms with van der Waals surface area (Å²) in [5.41, 5.74) is 0.519. The Kier molecular flexibility index (Phi) is 5.23. The van der Waals surface area contributed by atoms with Crippen molar-refractivity contribution < 1.29 is 9.90 Å². The van der Waals surface area contributed by atoms with Crippen LogP contribution in [0.25, 0.3) is 0 Å². The standard InChI is InChI=1S/C14H21NO2S/c1-10(15-4)11-6-5-7-12(8-11)18-9-14(2,3)13(16)17/h5-8,10,15H,9H2,1-4H3,(H,16,17). The lowest BCUT2D eigenvalue weighted by molar-refractivity contribution is -0.145. The van der Waals surface area contributed by atoms with Crippen molar-refractivity contribution in [1.29, 1.82) is 0 Å². The third-order valence-electron chi connectivity index (χ3n) is 2.97. The molecule has 0 aliphatic carbocycles. The van der Waals surface area contributed by atoms with Crippen LogP contribution in [0.5, 0.6) is 0 Å². The fraction of sp³-hybridized carbons (Fsp3) is 0.500. The van der Waals surface area contributed by atoms with Crippen LogP contribution in [0.2, 0.25) is 0 Å².